The second-order valence-electron chi connectivity index (χ2n) is 8.19. The van der Waals surface area contributed by atoms with Gasteiger partial charge < -0.3 is 19.9 Å². The van der Waals surface area contributed by atoms with E-state index in [0.29, 0.717) is 39.1 Å². The topological polar surface area (TPSA) is 79.0 Å². The van der Waals surface area contributed by atoms with Gasteiger partial charge in [0, 0.05) is 57.9 Å². The van der Waals surface area contributed by atoms with E-state index in [-0.39, 0.29) is 42.3 Å². The first-order valence-corrected chi connectivity index (χ1v) is 10.7. The van der Waals surface area contributed by atoms with Gasteiger partial charge in [-0.15, -0.1) is 0 Å². The van der Waals surface area contributed by atoms with Gasteiger partial charge in [0.05, 0.1) is 11.5 Å². The molecule has 0 radical (unpaired) electrons. The van der Waals surface area contributed by atoms with Crippen LogP contribution in [0.15, 0.2) is 24.3 Å². The van der Waals surface area contributed by atoms with E-state index in [0.717, 1.165) is 18.6 Å². The number of nitrogens with one attached hydrogen (secondary N) is 1. The molecule has 1 N–H and O–H groups in total. The molecule has 2 fully saturated rings. The van der Waals surface area contributed by atoms with Crippen molar-refractivity contribution in [3.63, 3.8) is 0 Å². The van der Waals surface area contributed by atoms with E-state index in [2.05, 4.69) is 5.32 Å². The summed E-state index contributed by atoms with van der Waals surface area (Å²) in [7, 11) is 1.60. The zero-order valence-corrected chi connectivity index (χ0v) is 18.0. The van der Waals surface area contributed by atoms with Crippen molar-refractivity contribution >= 4 is 23.4 Å². The Morgan fingerprint density at radius 2 is 1.91 bits per heavy atom. The molecule has 10 heteroatoms. The predicted octanol–water partition coefficient (Wildman–Crippen LogP) is 2.45. The van der Waals surface area contributed by atoms with Gasteiger partial charge in [-0.05, 0) is 37.5 Å². The molecule has 7 nitrogen and oxygen atoms in total. The van der Waals surface area contributed by atoms with Crippen LogP contribution in [0.5, 0.6) is 0 Å². The molecule has 0 aromatic heterocycles. The maximum Gasteiger partial charge on any atom is 0.416 e. The smallest absolute Gasteiger partial charge is 0.385 e. The Kier molecular flexibility index (Phi) is 7.76. The van der Waals surface area contributed by atoms with E-state index >= 15 is 0 Å². The molecule has 2 aliphatic heterocycles. The fourth-order valence-electron chi connectivity index (χ4n) is 4.17. The molecule has 0 bridgehead atoms. The molecule has 0 spiro atoms. The van der Waals surface area contributed by atoms with Crippen LogP contribution >= 0.6 is 0 Å². The SMILES string of the molecule is COCCCNC(=O)C1CCN(C(=O)C2CC(=O)N(c3cccc(C(F)(F)F)c3)C2)CC1. The first-order chi connectivity index (χ1) is 15.2. The van der Waals surface area contributed by atoms with Crippen molar-refractivity contribution in [1.29, 1.82) is 0 Å². The Bertz CT molecular complexity index is 838. The second-order valence-corrected chi connectivity index (χ2v) is 8.19. The zero-order chi connectivity index (χ0) is 23.3. The van der Waals surface area contributed by atoms with Crippen LogP contribution in [0, 0.1) is 11.8 Å². The van der Waals surface area contributed by atoms with Crippen molar-refractivity contribution in [2.24, 2.45) is 11.8 Å². The van der Waals surface area contributed by atoms with Crippen LogP contribution in [0.3, 0.4) is 0 Å². The Balaban J connectivity index is 1.53. The first-order valence-electron chi connectivity index (χ1n) is 10.7. The molecule has 1 aromatic rings. The van der Waals surface area contributed by atoms with E-state index < -0.39 is 17.7 Å². The van der Waals surface area contributed by atoms with E-state index in [9.17, 15) is 27.6 Å². The summed E-state index contributed by atoms with van der Waals surface area (Å²) in [5.74, 6) is -1.34. The zero-order valence-electron chi connectivity index (χ0n) is 18.0. The van der Waals surface area contributed by atoms with Gasteiger partial charge in [-0.25, -0.2) is 0 Å². The largest absolute Gasteiger partial charge is 0.416 e. The lowest BCUT2D eigenvalue weighted by molar-refractivity contribution is -0.139. The summed E-state index contributed by atoms with van der Waals surface area (Å²) in [6.45, 7) is 2.01. The standard InChI is InChI=1S/C22H28F3N3O4/c1-32-11-3-8-26-20(30)15-6-9-27(10-7-15)21(31)16-12-19(29)28(14-16)18-5-2-4-17(13-18)22(23,24)25/h2,4-5,13,15-16H,3,6-12,14H2,1H3,(H,26,30). The molecule has 2 saturated heterocycles. The summed E-state index contributed by atoms with van der Waals surface area (Å²) in [5.41, 5.74) is -0.691. The number of anilines is 1. The lowest BCUT2D eigenvalue weighted by atomic mass is 9.94. The van der Waals surface area contributed by atoms with Crippen LogP contribution in [-0.2, 0) is 25.3 Å². The third-order valence-electron chi connectivity index (χ3n) is 5.96. The number of amides is 3. The number of halogens is 3. The predicted molar refractivity (Wildman–Crippen MR) is 111 cm³/mol. The van der Waals surface area contributed by atoms with Crippen LogP contribution in [0.4, 0.5) is 18.9 Å². The fraction of sp³-hybridized carbons (Fsp3) is 0.591. The Morgan fingerprint density at radius 3 is 2.56 bits per heavy atom. The number of rotatable bonds is 7. The first kappa shape index (κ1) is 24.0. The van der Waals surface area contributed by atoms with E-state index in [1.807, 2.05) is 0 Å². The van der Waals surface area contributed by atoms with Gasteiger partial charge in [0.25, 0.3) is 0 Å². The third kappa shape index (κ3) is 5.79. The van der Waals surface area contributed by atoms with Crippen LogP contribution in [-0.4, -0.2) is 62.5 Å². The van der Waals surface area contributed by atoms with Gasteiger partial charge in [-0.3, -0.25) is 14.4 Å². The van der Waals surface area contributed by atoms with Crippen molar-refractivity contribution in [3.05, 3.63) is 29.8 Å². The number of methoxy groups -OCH3 is 1. The summed E-state index contributed by atoms with van der Waals surface area (Å²) in [6, 6.07) is 4.58. The van der Waals surface area contributed by atoms with Gasteiger partial charge in [0.15, 0.2) is 0 Å². The normalized spacial score (nSPS) is 20.0. The summed E-state index contributed by atoms with van der Waals surface area (Å²) in [6.07, 6.45) is -2.72. The van der Waals surface area contributed by atoms with Crippen molar-refractivity contribution in [2.75, 3.05) is 44.8 Å². The molecule has 176 valence electrons. The quantitative estimate of drug-likeness (QED) is 0.641. The minimum atomic E-state index is -4.51. The maximum atomic E-state index is 13.0. The fourth-order valence-corrected chi connectivity index (χ4v) is 4.17. The molecule has 0 aliphatic carbocycles. The summed E-state index contributed by atoms with van der Waals surface area (Å²) < 4.78 is 43.9. The summed E-state index contributed by atoms with van der Waals surface area (Å²) in [4.78, 5) is 40.5. The molecule has 32 heavy (non-hydrogen) atoms. The van der Waals surface area contributed by atoms with Crippen LogP contribution in [0.2, 0.25) is 0 Å². The minimum Gasteiger partial charge on any atom is -0.385 e. The van der Waals surface area contributed by atoms with Crippen molar-refractivity contribution in [3.8, 4) is 0 Å². The Hall–Kier alpha value is -2.62. The molecule has 1 aromatic carbocycles. The van der Waals surface area contributed by atoms with Crippen molar-refractivity contribution in [1.82, 2.24) is 10.2 Å². The molecular formula is C22H28F3N3O4. The highest BCUT2D eigenvalue weighted by Gasteiger charge is 2.39. The van der Waals surface area contributed by atoms with E-state index in [1.54, 1.807) is 12.0 Å². The Labute approximate surface area is 184 Å². The molecule has 2 heterocycles. The average Bonchev–Trinajstić information content (AvgIpc) is 3.17. The number of carbonyl (C=O) groups excluding carboxylic acids is 3. The van der Waals surface area contributed by atoms with Crippen LogP contribution in [0.1, 0.15) is 31.2 Å². The van der Waals surface area contributed by atoms with Crippen molar-refractivity contribution < 1.29 is 32.3 Å². The molecule has 3 amide bonds. The number of likely N-dealkylation sites (tertiary alicyclic amines) is 1. The highest BCUT2D eigenvalue weighted by Crippen LogP contribution is 2.34. The number of benzene rings is 1. The summed E-state index contributed by atoms with van der Waals surface area (Å²) in [5, 5.41) is 2.88. The van der Waals surface area contributed by atoms with Gasteiger partial charge in [-0.1, -0.05) is 6.07 Å². The number of nitrogens with zero attached hydrogens (tertiary/aromatic N) is 2. The molecule has 3 rings (SSSR count). The number of alkyl halides is 3. The maximum absolute atomic E-state index is 13.0. The highest BCUT2D eigenvalue weighted by atomic mass is 19.4. The molecular weight excluding hydrogens is 427 g/mol. The minimum absolute atomic E-state index is 0.0278. The van der Waals surface area contributed by atoms with E-state index in [1.165, 1.54) is 17.0 Å². The Morgan fingerprint density at radius 1 is 1.19 bits per heavy atom. The molecule has 0 saturated carbocycles. The van der Waals surface area contributed by atoms with Gasteiger partial charge in [0.1, 0.15) is 0 Å². The highest BCUT2D eigenvalue weighted by molar-refractivity contribution is 6.00. The average molecular weight is 455 g/mol. The van der Waals surface area contributed by atoms with E-state index in [4.69, 9.17) is 4.74 Å². The van der Waals surface area contributed by atoms with Crippen molar-refractivity contribution in [2.45, 2.75) is 31.9 Å². The van der Waals surface area contributed by atoms with Crippen LogP contribution in [0.25, 0.3) is 0 Å². The van der Waals surface area contributed by atoms with Crippen LogP contribution < -0.4 is 10.2 Å². The third-order valence-corrected chi connectivity index (χ3v) is 5.96. The molecule has 1 unspecified atom stereocenters. The number of carbonyl (C=O) groups is 3. The van der Waals surface area contributed by atoms with Gasteiger partial charge in [-0.2, -0.15) is 13.2 Å². The number of hydrogen-bond acceptors (Lipinski definition) is 4. The number of piperidine rings is 1. The number of hydrogen-bond donors (Lipinski definition) is 1. The molecule has 1 atom stereocenters. The van der Waals surface area contributed by atoms with Gasteiger partial charge >= 0.3 is 6.18 Å². The summed E-state index contributed by atoms with van der Waals surface area (Å²) >= 11 is 0. The lowest BCUT2D eigenvalue weighted by Gasteiger charge is -2.33. The van der Waals surface area contributed by atoms with Gasteiger partial charge in [0.2, 0.25) is 17.7 Å². The number of ether oxygens (including phenoxy) is 1. The lowest BCUT2D eigenvalue weighted by Crippen LogP contribution is -2.45. The second kappa shape index (κ2) is 10.3. The monoisotopic (exact) mass is 455 g/mol. The molecule has 2 aliphatic rings.